The summed E-state index contributed by atoms with van der Waals surface area (Å²) in [5.74, 6) is 0.775. The van der Waals surface area contributed by atoms with Gasteiger partial charge in [0, 0.05) is 30.6 Å². The first-order valence-corrected chi connectivity index (χ1v) is 10.2. The quantitative estimate of drug-likeness (QED) is 0.647. The zero-order chi connectivity index (χ0) is 19.4. The molecule has 0 radical (unpaired) electrons. The van der Waals surface area contributed by atoms with Gasteiger partial charge in [-0.05, 0) is 24.3 Å². The van der Waals surface area contributed by atoms with Crippen LogP contribution < -0.4 is 5.32 Å². The van der Waals surface area contributed by atoms with Crippen molar-refractivity contribution in [2.45, 2.75) is 44.9 Å². The van der Waals surface area contributed by atoms with Crippen molar-refractivity contribution in [3.8, 4) is 17.1 Å². The fraction of sp³-hybridized carbons (Fsp3) is 0.421. The van der Waals surface area contributed by atoms with Crippen LogP contribution in [-0.4, -0.2) is 31.1 Å². The molecule has 1 amide bonds. The van der Waals surface area contributed by atoms with Crippen LogP contribution in [0.2, 0.25) is 0 Å². The molecule has 0 atom stereocenters. The van der Waals surface area contributed by atoms with Gasteiger partial charge in [0.05, 0.1) is 11.8 Å². The minimum absolute atomic E-state index is 0.00468. The number of hydrogen-bond donors (Lipinski definition) is 2. The van der Waals surface area contributed by atoms with Crippen molar-refractivity contribution < 1.29 is 14.4 Å². The Hall–Kier alpha value is -2.81. The van der Waals surface area contributed by atoms with Crippen LogP contribution in [0.4, 0.5) is 5.13 Å². The van der Waals surface area contributed by atoms with Crippen molar-refractivity contribution in [1.29, 1.82) is 0 Å². The topological polar surface area (TPSA) is 114 Å². The fourth-order valence-electron chi connectivity index (χ4n) is 3.84. The van der Waals surface area contributed by atoms with E-state index in [9.17, 15) is 9.90 Å². The molecule has 3 heterocycles. The van der Waals surface area contributed by atoms with Crippen molar-refractivity contribution in [1.82, 2.24) is 20.1 Å². The van der Waals surface area contributed by atoms with E-state index in [-0.39, 0.29) is 17.1 Å². The molecular formula is C19H21N5O3S. The molecule has 0 bridgehead atoms. The van der Waals surface area contributed by atoms with Crippen LogP contribution in [0.1, 0.15) is 44.4 Å². The maximum atomic E-state index is 12.6. The lowest BCUT2D eigenvalue weighted by Crippen LogP contribution is -2.32. The van der Waals surface area contributed by atoms with Gasteiger partial charge in [0.1, 0.15) is 5.75 Å². The SMILES string of the molecule is O=C(CC1(Cc2nc(-c3ccncc3O)no2)CCCCC1)Nc1nccs1. The second-order valence-electron chi connectivity index (χ2n) is 7.20. The Bertz CT molecular complexity index is 935. The summed E-state index contributed by atoms with van der Waals surface area (Å²) in [7, 11) is 0. The number of aromatic hydroxyl groups is 1. The molecule has 1 saturated carbocycles. The maximum Gasteiger partial charge on any atom is 0.227 e. The normalized spacial score (nSPS) is 16.0. The van der Waals surface area contributed by atoms with Gasteiger partial charge in [0.15, 0.2) is 5.13 Å². The summed E-state index contributed by atoms with van der Waals surface area (Å²) in [5.41, 5.74) is 0.271. The van der Waals surface area contributed by atoms with E-state index in [4.69, 9.17) is 4.52 Å². The third-order valence-electron chi connectivity index (χ3n) is 5.16. The van der Waals surface area contributed by atoms with Crippen molar-refractivity contribution in [2.75, 3.05) is 5.32 Å². The third-order valence-corrected chi connectivity index (χ3v) is 5.85. The smallest absolute Gasteiger partial charge is 0.227 e. The first kappa shape index (κ1) is 18.5. The molecule has 3 aromatic rings. The van der Waals surface area contributed by atoms with Crippen LogP contribution in [-0.2, 0) is 11.2 Å². The average Bonchev–Trinajstić information content (AvgIpc) is 3.35. The van der Waals surface area contributed by atoms with Gasteiger partial charge >= 0.3 is 0 Å². The van der Waals surface area contributed by atoms with E-state index in [1.807, 2.05) is 5.38 Å². The summed E-state index contributed by atoms with van der Waals surface area (Å²) in [6.45, 7) is 0. The molecule has 0 spiro atoms. The Morgan fingerprint density at radius 3 is 2.89 bits per heavy atom. The van der Waals surface area contributed by atoms with Crippen LogP contribution in [0.15, 0.2) is 34.6 Å². The lowest BCUT2D eigenvalue weighted by Gasteiger charge is -2.35. The van der Waals surface area contributed by atoms with E-state index in [0.717, 1.165) is 25.7 Å². The number of hydrogen-bond acceptors (Lipinski definition) is 8. The van der Waals surface area contributed by atoms with Gasteiger partial charge in [-0.3, -0.25) is 9.78 Å². The van der Waals surface area contributed by atoms with E-state index in [1.54, 1.807) is 18.5 Å². The first-order chi connectivity index (χ1) is 13.6. The molecule has 0 aromatic carbocycles. The first-order valence-electron chi connectivity index (χ1n) is 9.29. The van der Waals surface area contributed by atoms with E-state index >= 15 is 0 Å². The van der Waals surface area contributed by atoms with Crippen LogP contribution in [0.5, 0.6) is 5.75 Å². The lowest BCUT2D eigenvalue weighted by atomic mass is 9.69. The Labute approximate surface area is 166 Å². The number of carbonyl (C=O) groups excluding carboxylic acids is 1. The van der Waals surface area contributed by atoms with Gasteiger partial charge in [0.25, 0.3) is 0 Å². The molecule has 1 fully saturated rings. The zero-order valence-corrected chi connectivity index (χ0v) is 16.1. The number of thiazole rings is 1. The van der Waals surface area contributed by atoms with Crippen LogP contribution in [0, 0.1) is 5.41 Å². The summed E-state index contributed by atoms with van der Waals surface area (Å²) in [4.78, 5) is 25.0. The number of pyridine rings is 1. The number of carbonyl (C=O) groups is 1. The Kier molecular flexibility index (Phi) is 5.34. The predicted octanol–water partition coefficient (Wildman–Crippen LogP) is 3.82. The molecule has 3 aromatic heterocycles. The van der Waals surface area contributed by atoms with Crippen molar-refractivity contribution >= 4 is 22.4 Å². The highest BCUT2D eigenvalue weighted by molar-refractivity contribution is 7.13. The summed E-state index contributed by atoms with van der Waals surface area (Å²) in [5, 5.41) is 19.3. The molecule has 146 valence electrons. The molecule has 0 unspecified atom stereocenters. The van der Waals surface area contributed by atoms with Crippen LogP contribution in [0.3, 0.4) is 0 Å². The average molecular weight is 399 g/mol. The highest BCUT2D eigenvalue weighted by Crippen LogP contribution is 2.42. The molecule has 28 heavy (non-hydrogen) atoms. The minimum Gasteiger partial charge on any atom is -0.506 e. The summed E-state index contributed by atoms with van der Waals surface area (Å²) in [6.07, 6.45) is 10.7. The molecule has 9 heteroatoms. The molecule has 0 aliphatic heterocycles. The highest BCUT2D eigenvalue weighted by atomic mass is 32.1. The number of anilines is 1. The van der Waals surface area contributed by atoms with Gasteiger partial charge in [-0.25, -0.2) is 4.98 Å². The minimum atomic E-state index is -0.205. The van der Waals surface area contributed by atoms with Gasteiger partial charge in [-0.1, -0.05) is 24.4 Å². The van der Waals surface area contributed by atoms with Crippen molar-refractivity contribution in [3.63, 3.8) is 0 Å². The van der Waals surface area contributed by atoms with Gasteiger partial charge in [0.2, 0.25) is 17.6 Å². The number of nitrogens with zero attached hydrogens (tertiary/aromatic N) is 4. The van der Waals surface area contributed by atoms with Gasteiger partial charge < -0.3 is 14.9 Å². The van der Waals surface area contributed by atoms with E-state index in [1.165, 1.54) is 24.0 Å². The second kappa shape index (κ2) is 8.05. The Balaban J connectivity index is 1.50. The predicted molar refractivity (Wildman–Crippen MR) is 104 cm³/mol. The van der Waals surface area contributed by atoms with Crippen LogP contribution in [0.25, 0.3) is 11.4 Å². The number of aromatic nitrogens is 4. The number of amides is 1. The molecule has 8 nitrogen and oxygen atoms in total. The second-order valence-corrected chi connectivity index (χ2v) is 8.10. The molecular weight excluding hydrogens is 378 g/mol. The summed E-state index contributed by atoms with van der Waals surface area (Å²) >= 11 is 1.41. The summed E-state index contributed by atoms with van der Waals surface area (Å²) in [6, 6.07) is 1.64. The molecule has 1 aliphatic carbocycles. The molecule has 1 aliphatic rings. The summed E-state index contributed by atoms with van der Waals surface area (Å²) < 4.78 is 5.45. The van der Waals surface area contributed by atoms with Crippen molar-refractivity contribution in [3.05, 3.63) is 35.9 Å². The van der Waals surface area contributed by atoms with E-state index in [2.05, 4.69) is 25.4 Å². The van der Waals surface area contributed by atoms with Crippen LogP contribution >= 0.6 is 11.3 Å². The Morgan fingerprint density at radius 2 is 2.14 bits per heavy atom. The van der Waals surface area contributed by atoms with Gasteiger partial charge in [-0.15, -0.1) is 11.3 Å². The molecule has 4 rings (SSSR count). The van der Waals surface area contributed by atoms with Crippen molar-refractivity contribution in [2.24, 2.45) is 5.41 Å². The Morgan fingerprint density at radius 1 is 1.29 bits per heavy atom. The molecule has 0 saturated heterocycles. The largest absolute Gasteiger partial charge is 0.506 e. The molecule has 2 N–H and O–H groups in total. The van der Waals surface area contributed by atoms with E-state index in [0.29, 0.717) is 35.3 Å². The highest BCUT2D eigenvalue weighted by Gasteiger charge is 2.36. The zero-order valence-electron chi connectivity index (χ0n) is 15.3. The number of rotatable bonds is 6. The monoisotopic (exact) mass is 399 g/mol. The standard InChI is InChI=1S/C19H21N5O3S/c25-14-12-20-7-4-13(14)17-23-16(27-24-17)11-19(5-2-1-3-6-19)10-15(26)22-18-21-8-9-28-18/h4,7-9,12,25H,1-3,5-6,10-11H2,(H,21,22,26). The fourth-order valence-corrected chi connectivity index (χ4v) is 4.38. The third kappa shape index (κ3) is 4.19. The van der Waals surface area contributed by atoms with E-state index < -0.39 is 0 Å². The lowest BCUT2D eigenvalue weighted by molar-refractivity contribution is -0.119. The maximum absolute atomic E-state index is 12.6. The number of nitrogens with one attached hydrogen (secondary N) is 1. The van der Waals surface area contributed by atoms with Gasteiger partial charge in [-0.2, -0.15) is 4.98 Å².